The zero-order chi connectivity index (χ0) is 39.3. The van der Waals surface area contributed by atoms with Gasteiger partial charge in [-0.05, 0) is 42.9 Å². The van der Waals surface area contributed by atoms with Gasteiger partial charge in [0.05, 0.1) is 4.90 Å². The van der Waals surface area contributed by atoms with Gasteiger partial charge in [0.25, 0.3) is 10.1 Å². The van der Waals surface area contributed by atoms with Crippen LogP contribution < -0.4 is 0 Å². The molecular weight excluding hydrogens is 886 g/mol. The van der Waals surface area contributed by atoms with Crippen LogP contribution in [0.5, 0.6) is 0 Å². The third-order valence-corrected chi connectivity index (χ3v) is 43.2. The Kier molecular flexibility index (Phi) is 38.7. The Labute approximate surface area is 348 Å². The molecule has 0 spiro atoms. The molecule has 0 amide bonds. The summed E-state index contributed by atoms with van der Waals surface area (Å²) in [5.41, 5.74) is 1.98. The van der Waals surface area contributed by atoms with Crippen LogP contribution in [0.4, 0.5) is 0 Å². The van der Waals surface area contributed by atoms with Crippen molar-refractivity contribution >= 4 is 50.5 Å². The zero-order valence-corrected chi connectivity index (χ0v) is 44.3. The molecule has 0 atom stereocenters. The molecule has 0 aliphatic rings. The van der Waals surface area contributed by atoms with E-state index in [1.54, 1.807) is 12.1 Å². The fourth-order valence-corrected chi connectivity index (χ4v) is 43.4. The van der Waals surface area contributed by atoms with Crippen molar-refractivity contribution < 1.29 is 14.4 Å². The number of rotatable bonds is 37. The van der Waals surface area contributed by atoms with E-state index in [-0.39, 0.29) is 4.90 Å². The molecule has 0 unspecified atom stereocenters. The SMILES string of the molecule is CCCCCCCCCCCCc1cccc(S(=O)(=O)O)c1CCCCCCCCCCCC.CCC[CH2][SnH2][O][Sn]([CH2]CCC)([CH2]CCC)[CH2]CCC. The Morgan fingerprint density at radius 1 is 0.509 bits per heavy atom. The second-order valence-corrected chi connectivity index (χ2v) is 38.2. The van der Waals surface area contributed by atoms with E-state index in [1.807, 2.05) is 0 Å². The molecule has 4 nitrogen and oxygen atoms in total. The van der Waals surface area contributed by atoms with E-state index >= 15 is 0 Å². The van der Waals surface area contributed by atoms with Crippen molar-refractivity contribution in [2.24, 2.45) is 0 Å². The van der Waals surface area contributed by atoms with Crippen LogP contribution in [0.2, 0.25) is 17.7 Å². The van der Waals surface area contributed by atoms with Crippen molar-refractivity contribution in [3.63, 3.8) is 0 Å². The van der Waals surface area contributed by atoms with E-state index in [4.69, 9.17) is 1.41 Å². The average Bonchev–Trinajstić information content (AvgIpc) is 3.15. The Morgan fingerprint density at radius 3 is 1.28 bits per heavy atom. The van der Waals surface area contributed by atoms with E-state index in [2.05, 4.69) is 47.6 Å². The Bertz CT molecular complexity index is 1010. The summed E-state index contributed by atoms with van der Waals surface area (Å²) in [5.74, 6) is 0. The van der Waals surface area contributed by atoms with Gasteiger partial charge in [0.15, 0.2) is 0 Å². The molecule has 0 heterocycles. The molecule has 1 aromatic rings. The second-order valence-electron chi connectivity index (χ2n) is 16.3. The minimum absolute atomic E-state index is 0.132. The molecule has 1 N–H and O–H groups in total. The second kappa shape index (κ2) is 38.2. The number of unbranched alkanes of at least 4 members (excludes halogenated alkanes) is 22. The van der Waals surface area contributed by atoms with Crippen LogP contribution in [0.1, 0.15) is 232 Å². The first-order valence-corrected chi connectivity index (χ1v) is 36.6. The molecular formula is C46H92O4SSn2. The van der Waals surface area contributed by atoms with Crippen LogP contribution in [0.3, 0.4) is 0 Å². The van der Waals surface area contributed by atoms with E-state index in [1.165, 1.54) is 178 Å². The van der Waals surface area contributed by atoms with Crippen LogP contribution in [0.25, 0.3) is 0 Å². The Hall–Kier alpha value is 0.687. The van der Waals surface area contributed by atoms with Crippen LogP contribution in [-0.2, 0) is 24.4 Å². The standard InChI is InChI=1S/C30H54O3S.4C4H9.O.2Sn.2H/c1-3-5-7-9-11-13-15-17-19-21-24-28-25-23-27-30(34(31,32)33)29(28)26-22-20-18-16-14-12-10-8-6-4-2;4*1-3-4-2;;;;;/h23,25,27H,3-22,24,26H2,1-2H3,(H,31,32,33);4*1,3-4H2,2H3;;;;;. The molecule has 314 valence electrons. The molecule has 7 heteroatoms. The average molecular weight is 979 g/mol. The zero-order valence-electron chi connectivity index (χ0n) is 36.6. The predicted molar refractivity (Wildman–Crippen MR) is 242 cm³/mol. The molecule has 0 radical (unpaired) electrons. The maximum absolute atomic E-state index is 12.0. The summed E-state index contributed by atoms with van der Waals surface area (Å²) >= 11 is -2.98. The Morgan fingerprint density at radius 2 is 0.887 bits per heavy atom. The van der Waals surface area contributed by atoms with Gasteiger partial charge in [0.1, 0.15) is 0 Å². The summed E-state index contributed by atoms with van der Waals surface area (Å²) in [5, 5.41) is 0. The van der Waals surface area contributed by atoms with Gasteiger partial charge in [0.2, 0.25) is 0 Å². The van der Waals surface area contributed by atoms with Gasteiger partial charge < -0.3 is 0 Å². The predicted octanol–water partition coefficient (Wildman–Crippen LogP) is 15.5. The van der Waals surface area contributed by atoms with Crippen molar-refractivity contribution in [3.8, 4) is 0 Å². The van der Waals surface area contributed by atoms with Gasteiger partial charge >= 0.3 is 139 Å². The first-order chi connectivity index (χ1) is 25.7. The van der Waals surface area contributed by atoms with Crippen molar-refractivity contribution in [3.05, 3.63) is 29.3 Å². The number of aryl methyl sites for hydroxylation is 1. The van der Waals surface area contributed by atoms with Crippen LogP contribution >= 0.6 is 0 Å². The maximum atomic E-state index is 12.0. The molecule has 0 aliphatic heterocycles. The summed E-state index contributed by atoms with van der Waals surface area (Å²) in [6, 6.07) is 5.42. The number of hydrogen-bond donors (Lipinski definition) is 1. The van der Waals surface area contributed by atoms with Crippen molar-refractivity contribution in [2.75, 3.05) is 0 Å². The van der Waals surface area contributed by atoms with Gasteiger partial charge in [-0.15, -0.1) is 0 Å². The van der Waals surface area contributed by atoms with Gasteiger partial charge in [-0.25, -0.2) is 0 Å². The van der Waals surface area contributed by atoms with Crippen molar-refractivity contribution in [2.45, 2.75) is 257 Å². The normalized spacial score (nSPS) is 12.1. The summed E-state index contributed by atoms with van der Waals surface area (Å²) in [6.45, 7) is 13.9. The van der Waals surface area contributed by atoms with E-state index in [0.29, 0.717) is 0 Å². The molecule has 0 saturated carbocycles. The van der Waals surface area contributed by atoms with Gasteiger partial charge in [-0.2, -0.15) is 8.42 Å². The molecule has 1 rings (SSSR count). The van der Waals surface area contributed by atoms with Crippen LogP contribution in [0.15, 0.2) is 23.1 Å². The van der Waals surface area contributed by atoms with Crippen molar-refractivity contribution in [1.29, 1.82) is 0 Å². The first kappa shape index (κ1) is 53.7. The minimum atomic E-state index is -4.17. The fourth-order valence-electron chi connectivity index (χ4n) is 7.69. The van der Waals surface area contributed by atoms with Crippen LogP contribution in [-0.4, -0.2) is 53.3 Å². The fraction of sp³-hybridized carbons (Fsp3) is 0.870. The van der Waals surface area contributed by atoms with E-state index in [0.717, 1.165) is 43.2 Å². The summed E-state index contributed by atoms with van der Waals surface area (Å²) in [4.78, 5) is 0.132. The van der Waals surface area contributed by atoms with Crippen LogP contribution in [0, 0.1) is 0 Å². The number of benzene rings is 1. The number of hydrogen-bond acceptors (Lipinski definition) is 3. The van der Waals surface area contributed by atoms with Crippen molar-refractivity contribution in [1.82, 2.24) is 0 Å². The van der Waals surface area contributed by atoms with E-state index in [9.17, 15) is 13.0 Å². The molecule has 0 saturated heterocycles. The van der Waals surface area contributed by atoms with Gasteiger partial charge in [-0.1, -0.05) is 142 Å². The van der Waals surface area contributed by atoms with Gasteiger partial charge in [0, 0.05) is 0 Å². The summed E-state index contributed by atoms with van der Waals surface area (Å²) < 4.78 is 46.7. The molecule has 0 aliphatic carbocycles. The quantitative estimate of drug-likeness (QED) is 0.0410. The molecule has 53 heavy (non-hydrogen) atoms. The topological polar surface area (TPSA) is 63.6 Å². The summed E-state index contributed by atoms with van der Waals surface area (Å²) in [7, 11) is -4.17. The third-order valence-electron chi connectivity index (χ3n) is 11.2. The molecule has 0 aromatic heterocycles. The molecule has 0 fully saturated rings. The van der Waals surface area contributed by atoms with E-state index < -0.39 is 50.5 Å². The summed E-state index contributed by atoms with van der Waals surface area (Å²) in [6.07, 6.45) is 38.5. The third kappa shape index (κ3) is 30.4. The Balaban J connectivity index is 0.00000121. The molecule has 0 bridgehead atoms. The van der Waals surface area contributed by atoms with Gasteiger partial charge in [-0.3, -0.25) is 4.55 Å². The molecule has 1 aromatic carbocycles. The first-order valence-electron chi connectivity index (χ1n) is 23.5. The monoisotopic (exact) mass is 980 g/mol.